The fraction of sp³-hybridized carbons (Fsp3) is 0.526. The number of ether oxygens (including phenoxy) is 1. The summed E-state index contributed by atoms with van der Waals surface area (Å²) in [6, 6.07) is 3.75. The van der Waals surface area contributed by atoms with Crippen LogP contribution in [0.25, 0.3) is 0 Å². The van der Waals surface area contributed by atoms with Crippen molar-refractivity contribution in [1.82, 2.24) is 9.62 Å². The number of nitrogens with zero attached hydrogens (tertiary/aromatic N) is 1. The second-order valence-electron chi connectivity index (χ2n) is 5.89. The Hall–Kier alpha value is -1.57. The van der Waals surface area contributed by atoms with Crippen molar-refractivity contribution in [3.63, 3.8) is 0 Å². The van der Waals surface area contributed by atoms with Gasteiger partial charge >= 0.3 is 0 Å². The molecule has 6 nitrogen and oxygen atoms in total. The quantitative estimate of drug-likeness (QED) is 0.715. The van der Waals surface area contributed by atoms with Gasteiger partial charge in [0.1, 0.15) is 16.7 Å². The molecule has 1 heterocycles. The summed E-state index contributed by atoms with van der Waals surface area (Å²) in [5.41, 5.74) is 1.66. The van der Waals surface area contributed by atoms with E-state index in [1.54, 1.807) is 13.2 Å². The van der Waals surface area contributed by atoms with Gasteiger partial charge in [-0.2, -0.15) is 0 Å². The number of rotatable bonds is 7. The molecule has 0 aromatic heterocycles. The average Bonchev–Trinajstić information content (AvgIpc) is 2.70. The number of carbonyl (C=O) groups excluding carboxylic acids is 1. The number of anilines is 1. The number of hydrogen-bond donors (Lipinski definition) is 2. The van der Waals surface area contributed by atoms with Gasteiger partial charge in [0.15, 0.2) is 0 Å². The van der Waals surface area contributed by atoms with Crippen molar-refractivity contribution < 1.29 is 13.7 Å². The summed E-state index contributed by atoms with van der Waals surface area (Å²) >= 11 is 6.09. The molecule has 1 atom stereocenters. The Morgan fingerprint density at radius 2 is 2.04 bits per heavy atom. The van der Waals surface area contributed by atoms with Gasteiger partial charge in [-0.05, 0) is 31.4 Å². The second-order valence-corrected chi connectivity index (χ2v) is 7.46. The van der Waals surface area contributed by atoms with Crippen LogP contribution < -0.4 is 14.8 Å². The highest BCUT2D eigenvalue weighted by Gasteiger charge is 2.23. The van der Waals surface area contributed by atoms with Crippen molar-refractivity contribution in [2.24, 2.45) is 0 Å². The lowest BCUT2D eigenvalue weighted by molar-refractivity contribution is -0.130. The van der Waals surface area contributed by atoms with E-state index in [-0.39, 0.29) is 18.5 Å². The monoisotopic (exact) mass is 415 g/mol. The molecule has 0 saturated carbocycles. The van der Waals surface area contributed by atoms with Crippen LogP contribution in [-0.2, 0) is 15.8 Å². The zero-order valence-corrected chi connectivity index (χ0v) is 18.1. The van der Waals surface area contributed by atoms with Crippen molar-refractivity contribution in [1.29, 1.82) is 0 Å². The van der Waals surface area contributed by atoms with Crippen LogP contribution in [0.4, 0.5) is 5.69 Å². The normalized spacial score (nSPS) is 15.4. The lowest BCUT2D eigenvalue weighted by atomic mass is 10.1. The molecule has 1 saturated heterocycles. The molecule has 152 valence electrons. The number of carbonyl (C=O) groups is 1. The first kappa shape index (κ1) is 23.5. The maximum Gasteiger partial charge on any atom is 0.241 e. The third kappa shape index (κ3) is 7.16. The van der Waals surface area contributed by atoms with Gasteiger partial charge in [0.25, 0.3) is 0 Å². The number of likely N-dealkylation sites (tertiary alicyclic amines) is 1. The van der Waals surface area contributed by atoms with Gasteiger partial charge in [-0.1, -0.05) is 32.0 Å². The minimum Gasteiger partial charge on any atom is -0.495 e. The molecular weight excluding hydrogens is 386 g/mol. The highest BCUT2D eigenvalue weighted by atomic mass is 35.5. The van der Waals surface area contributed by atoms with Gasteiger partial charge in [-0.3, -0.25) is 4.79 Å². The topological polar surface area (TPSA) is 70.7 Å². The summed E-state index contributed by atoms with van der Waals surface area (Å²) in [6.45, 7) is 10.9. The maximum atomic E-state index is 12.4. The van der Waals surface area contributed by atoms with Gasteiger partial charge in [0.05, 0.1) is 19.3 Å². The summed E-state index contributed by atoms with van der Waals surface area (Å²) < 4.78 is 19.7. The third-order valence-electron chi connectivity index (χ3n) is 4.19. The highest BCUT2D eigenvalue weighted by molar-refractivity contribution is 7.86. The molecule has 2 N–H and O–H groups in total. The Kier molecular flexibility index (Phi) is 10.4. The van der Waals surface area contributed by atoms with Crippen LogP contribution in [-0.4, -0.2) is 47.8 Å². The number of benzene rings is 1. The van der Waals surface area contributed by atoms with E-state index in [0.29, 0.717) is 23.9 Å². The molecule has 2 rings (SSSR count). The van der Waals surface area contributed by atoms with Crippen LogP contribution in [0.15, 0.2) is 24.1 Å². The highest BCUT2D eigenvalue weighted by Crippen LogP contribution is 2.30. The minimum atomic E-state index is -1.21. The summed E-state index contributed by atoms with van der Waals surface area (Å²) in [4.78, 5) is 14.2. The fourth-order valence-corrected chi connectivity index (χ4v) is 3.53. The molecule has 0 radical (unpaired) electrons. The molecule has 1 amide bonds. The Morgan fingerprint density at radius 3 is 2.59 bits per heavy atom. The number of piperidine rings is 1. The summed E-state index contributed by atoms with van der Waals surface area (Å²) in [5, 5.41) is 5.13. The largest absolute Gasteiger partial charge is 0.495 e. The zero-order chi connectivity index (χ0) is 20.4. The van der Waals surface area contributed by atoms with E-state index in [0.717, 1.165) is 24.1 Å². The van der Waals surface area contributed by atoms with E-state index in [1.807, 2.05) is 31.7 Å². The van der Waals surface area contributed by atoms with Crippen molar-refractivity contribution in [3.8, 4) is 5.75 Å². The van der Waals surface area contributed by atoms with Gasteiger partial charge in [-0.15, -0.1) is 0 Å². The first-order chi connectivity index (χ1) is 12.9. The van der Waals surface area contributed by atoms with Crippen molar-refractivity contribution in [3.05, 3.63) is 34.7 Å². The molecule has 0 spiro atoms. The smallest absolute Gasteiger partial charge is 0.241 e. The molecule has 1 aromatic carbocycles. The lowest BCUT2D eigenvalue weighted by Gasteiger charge is -2.32. The SMILES string of the molecule is C=CS(=O)NC1CCN(C(=O)CNc2cc(C)c(Cl)cc2OC)CC1.CC. The van der Waals surface area contributed by atoms with Crippen LogP contribution in [0.5, 0.6) is 5.75 Å². The first-order valence-electron chi connectivity index (χ1n) is 9.09. The van der Waals surface area contributed by atoms with Gasteiger partial charge in [0.2, 0.25) is 5.91 Å². The predicted molar refractivity (Wildman–Crippen MR) is 114 cm³/mol. The number of halogens is 1. The standard InChI is InChI=1S/C17H24ClN3O3S.C2H6/c1-4-25(23)20-13-5-7-21(8-6-13)17(22)11-19-15-9-12(2)14(18)10-16(15)24-3;1-2/h4,9-10,13,19-20H,1,5-8,11H2,2-3H3;1-2H3. The molecule has 0 aliphatic carbocycles. The van der Waals surface area contributed by atoms with Crippen molar-refractivity contribution in [2.45, 2.75) is 39.7 Å². The summed E-state index contributed by atoms with van der Waals surface area (Å²) in [6.07, 6.45) is 1.55. The molecule has 1 aliphatic heterocycles. The van der Waals surface area contributed by atoms with Gasteiger partial charge < -0.3 is 15.0 Å². The fourth-order valence-electron chi connectivity index (χ4n) is 2.71. The molecule has 1 aromatic rings. The molecule has 27 heavy (non-hydrogen) atoms. The number of hydrogen-bond acceptors (Lipinski definition) is 4. The van der Waals surface area contributed by atoms with Crippen molar-refractivity contribution >= 4 is 34.2 Å². The van der Waals surface area contributed by atoms with Gasteiger partial charge in [-0.25, -0.2) is 8.93 Å². The third-order valence-corrected chi connectivity index (χ3v) is 5.47. The van der Waals surface area contributed by atoms with E-state index in [1.165, 1.54) is 5.41 Å². The number of nitrogens with one attached hydrogen (secondary N) is 2. The zero-order valence-electron chi connectivity index (χ0n) is 16.5. The molecule has 0 bridgehead atoms. The average molecular weight is 416 g/mol. The summed E-state index contributed by atoms with van der Waals surface area (Å²) in [7, 11) is 0.359. The van der Waals surface area contributed by atoms with Crippen LogP contribution in [0.2, 0.25) is 5.02 Å². The summed E-state index contributed by atoms with van der Waals surface area (Å²) in [5.74, 6) is 0.635. The number of methoxy groups -OCH3 is 1. The van der Waals surface area contributed by atoms with Gasteiger partial charge in [0, 0.05) is 35.6 Å². The Balaban J connectivity index is 0.00000176. The molecular formula is C19H30ClN3O3S. The Bertz CT molecular complexity index is 662. The van der Waals surface area contributed by atoms with Crippen LogP contribution in [0.1, 0.15) is 32.3 Å². The van der Waals surface area contributed by atoms with E-state index < -0.39 is 11.0 Å². The Labute approximate surface area is 169 Å². The molecule has 8 heteroatoms. The van der Waals surface area contributed by atoms with Crippen LogP contribution in [0, 0.1) is 6.92 Å². The molecule has 1 fully saturated rings. The predicted octanol–water partition coefficient (Wildman–Crippen LogP) is 3.48. The molecule has 1 unspecified atom stereocenters. The maximum absolute atomic E-state index is 12.4. The first-order valence-corrected chi connectivity index (χ1v) is 10.7. The van der Waals surface area contributed by atoms with E-state index in [2.05, 4.69) is 16.6 Å². The van der Waals surface area contributed by atoms with Crippen LogP contribution in [0.3, 0.4) is 0 Å². The van der Waals surface area contributed by atoms with E-state index in [4.69, 9.17) is 16.3 Å². The van der Waals surface area contributed by atoms with E-state index >= 15 is 0 Å². The lowest BCUT2D eigenvalue weighted by Crippen LogP contribution is -2.46. The minimum absolute atomic E-state index is 0.0259. The molecule has 1 aliphatic rings. The second kappa shape index (κ2) is 12.0. The van der Waals surface area contributed by atoms with Crippen LogP contribution >= 0.6 is 11.6 Å². The Morgan fingerprint density at radius 1 is 1.41 bits per heavy atom. The number of amides is 1. The van der Waals surface area contributed by atoms with Crippen molar-refractivity contribution in [2.75, 3.05) is 32.1 Å². The number of aryl methyl sites for hydroxylation is 1. The van der Waals surface area contributed by atoms with E-state index in [9.17, 15) is 9.00 Å².